The van der Waals surface area contributed by atoms with Crippen LogP contribution in [0, 0.1) is 13.8 Å². The van der Waals surface area contributed by atoms with Crippen LogP contribution < -0.4 is 4.74 Å². The number of benzene rings is 2. The number of hydrogen-bond acceptors (Lipinski definition) is 6. The SMILES string of the molecule is COc1ccc(Cc2cc([C@@H]3O[C@H](CO)[C@@H](O)[C@H](O)[C@H]3O)c(C)cc2C)cc1. The lowest BCUT2D eigenvalue weighted by molar-refractivity contribution is -0.231. The van der Waals surface area contributed by atoms with Crippen molar-refractivity contribution in [3.8, 4) is 5.75 Å². The van der Waals surface area contributed by atoms with Crippen LogP contribution >= 0.6 is 0 Å². The molecule has 5 atom stereocenters. The number of rotatable bonds is 5. The van der Waals surface area contributed by atoms with E-state index in [0.29, 0.717) is 6.42 Å². The highest BCUT2D eigenvalue weighted by molar-refractivity contribution is 5.42. The minimum absolute atomic E-state index is 0.439. The zero-order valence-electron chi connectivity index (χ0n) is 16.4. The Balaban J connectivity index is 1.92. The highest BCUT2D eigenvalue weighted by Crippen LogP contribution is 2.35. The molecule has 3 rings (SSSR count). The predicted octanol–water partition coefficient (Wildman–Crippen LogP) is 1.42. The third-order valence-corrected chi connectivity index (χ3v) is 5.48. The maximum Gasteiger partial charge on any atom is 0.118 e. The number of aryl methyl sites for hydroxylation is 2. The molecule has 6 nitrogen and oxygen atoms in total. The van der Waals surface area contributed by atoms with Crippen molar-refractivity contribution in [2.75, 3.05) is 13.7 Å². The van der Waals surface area contributed by atoms with Crippen molar-refractivity contribution in [1.82, 2.24) is 0 Å². The van der Waals surface area contributed by atoms with Gasteiger partial charge in [0.05, 0.1) is 13.7 Å². The van der Waals surface area contributed by atoms with Gasteiger partial charge in [0, 0.05) is 0 Å². The standard InChI is InChI=1S/C22H28O6/c1-12-8-13(2)17(22-21(26)20(25)19(24)18(11-23)28-22)10-15(12)9-14-4-6-16(27-3)7-5-14/h4-8,10,18-26H,9,11H2,1-3H3/t18-,19-,20+,21-,22+/m1/s1. The minimum atomic E-state index is -1.39. The second-order valence-electron chi connectivity index (χ2n) is 7.41. The van der Waals surface area contributed by atoms with Crippen LogP contribution in [-0.2, 0) is 11.2 Å². The summed E-state index contributed by atoms with van der Waals surface area (Å²) in [5, 5.41) is 40.1. The van der Waals surface area contributed by atoms with Crippen molar-refractivity contribution in [1.29, 1.82) is 0 Å². The zero-order chi connectivity index (χ0) is 20.4. The molecule has 0 spiro atoms. The summed E-state index contributed by atoms with van der Waals surface area (Å²) < 4.78 is 10.9. The largest absolute Gasteiger partial charge is 0.497 e. The van der Waals surface area contributed by atoms with E-state index in [1.54, 1.807) is 7.11 Å². The van der Waals surface area contributed by atoms with Gasteiger partial charge < -0.3 is 29.9 Å². The van der Waals surface area contributed by atoms with E-state index < -0.39 is 37.1 Å². The van der Waals surface area contributed by atoms with Gasteiger partial charge in [-0.3, -0.25) is 0 Å². The minimum Gasteiger partial charge on any atom is -0.497 e. The molecule has 1 heterocycles. The quantitative estimate of drug-likeness (QED) is 0.618. The van der Waals surface area contributed by atoms with Crippen LogP contribution in [0.15, 0.2) is 36.4 Å². The highest BCUT2D eigenvalue weighted by atomic mass is 16.5. The molecule has 0 unspecified atom stereocenters. The van der Waals surface area contributed by atoms with Gasteiger partial charge in [-0.1, -0.05) is 24.3 Å². The Morgan fingerprint density at radius 1 is 0.929 bits per heavy atom. The maximum atomic E-state index is 10.5. The summed E-state index contributed by atoms with van der Waals surface area (Å²) in [7, 11) is 1.63. The molecule has 2 aromatic rings. The van der Waals surface area contributed by atoms with E-state index in [1.165, 1.54) is 0 Å². The molecule has 4 N–H and O–H groups in total. The first-order chi connectivity index (χ1) is 13.3. The Morgan fingerprint density at radius 3 is 2.21 bits per heavy atom. The van der Waals surface area contributed by atoms with Gasteiger partial charge in [-0.2, -0.15) is 0 Å². The Labute approximate surface area is 165 Å². The van der Waals surface area contributed by atoms with E-state index in [-0.39, 0.29) is 0 Å². The van der Waals surface area contributed by atoms with Crippen LogP contribution in [0.1, 0.15) is 33.9 Å². The normalized spacial score (nSPS) is 27.6. The van der Waals surface area contributed by atoms with Gasteiger partial charge in [0.1, 0.15) is 36.3 Å². The predicted molar refractivity (Wildman–Crippen MR) is 104 cm³/mol. The molecule has 0 aromatic heterocycles. The lowest BCUT2D eigenvalue weighted by Gasteiger charge is -2.40. The van der Waals surface area contributed by atoms with E-state index in [2.05, 4.69) is 0 Å². The average Bonchev–Trinajstić information content (AvgIpc) is 2.69. The summed E-state index contributed by atoms with van der Waals surface area (Å²) in [4.78, 5) is 0. The second-order valence-corrected chi connectivity index (χ2v) is 7.41. The Bertz CT molecular complexity index is 801. The molecule has 0 aliphatic carbocycles. The van der Waals surface area contributed by atoms with Crippen molar-refractivity contribution < 1.29 is 29.9 Å². The summed E-state index contributed by atoms with van der Waals surface area (Å²) in [5.41, 5.74) is 4.96. The second kappa shape index (κ2) is 8.59. The highest BCUT2D eigenvalue weighted by Gasteiger charge is 2.44. The number of ether oxygens (including phenoxy) is 2. The molecule has 0 amide bonds. The summed E-state index contributed by atoms with van der Waals surface area (Å²) in [6.45, 7) is 3.51. The fraction of sp³-hybridized carbons (Fsp3) is 0.455. The van der Waals surface area contributed by atoms with Gasteiger partial charge in [-0.25, -0.2) is 0 Å². The molecule has 0 radical (unpaired) electrons. The molecule has 2 aromatic carbocycles. The summed E-state index contributed by atoms with van der Waals surface area (Å²) in [6, 6.07) is 11.8. The molecule has 0 saturated carbocycles. The molecule has 28 heavy (non-hydrogen) atoms. The monoisotopic (exact) mass is 388 g/mol. The van der Waals surface area contributed by atoms with Gasteiger partial charge in [0.25, 0.3) is 0 Å². The molecule has 0 bridgehead atoms. The van der Waals surface area contributed by atoms with Gasteiger partial charge in [-0.15, -0.1) is 0 Å². The van der Waals surface area contributed by atoms with Gasteiger partial charge in [0.15, 0.2) is 0 Å². The summed E-state index contributed by atoms with van der Waals surface area (Å²) in [6.07, 6.45) is -5.09. The zero-order valence-corrected chi connectivity index (χ0v) is 16.4. The first kappa shape index (κ1) is 20.8. The Hall–Kier alpha value is -1.96. The fourth-order valence-corrected chi connectivity index (χ4v) is 3.74. The molecule has 1 fully saturated rings. The number of aliphatic hydroxyl groups excluding tert-OH is 4. The van der Waals surface area contributed by atoms with Crippen LogP contribution in [0.3, 0.4) is 0 Å². The van der Waals surface area contributed by atoms with Gasteiger partial charge in [0.2, 0.25) is 0 Å². The van der Waals surface area contributed by atoms with Crippen LogP contribution in [-0.4, -0.2) is 58.6 Å². The van der Waals surface area contributed by atoms with Crippen LogP contribution in [0.5, 0.6) is 5.75 Å². The first-order valence-corrected chi connectivity index (χ1v) is 9.39. The molecular formula is C22H28O6. The fourth-order valence-electron chi connectivity index (χ4n) is 3.74. The third-order valence-electron chi connectivity index (χ3n) is 5.48. The first-order valence-electron chi connectivity index (χ1n) is 9.39. The molecular weight excluding hydrogens is 360 g/mol. The van der Waals surface area contributed by atoms with Crippen LogP contribution in [0.4, 0.5) is 0 Å². The van der Waals surface area contributed by atoms with Crippen molar-refractivity contribution in [2.45, 2.75) is 50.8 Å². The van der Waals surface area contributed by atoms with Crippen molar-refractivity contribution in [3.05, 3.63) is 64.2 Å². The van der Waals surface area contributed by atoms with E-state index in [1.807, 2.05) is 50.2 Å². The smallest absolute Gasteiger partial charge is 0.118 e. The molecule has 1 aliphatic heterocycles. The number of aliphatic hydroxyl groups is 4. The van der Waals surface area contributed by atoms with Crippen LogP contribution in [0.2, 0.25) is 0 Å². The number of hydrogen-bond donors (Lipinski definition) is 4. The molecule has 6 heteroatoms. The summed E-state index contributed by atoms with van der Waals surface area (Å²) >= 11 is 0. The summed E-state index contributed by atoms with van der Waals surface area (Å²) in [5.74, 6) is 0.798. The average molecular weight is 388 g/mol. The van der Waals surface area contributed by atoms with E-state index in [4.69, 9.17) is 9.47 Å². The van der Waals surface area contributed by atoms with Crippen LogP contribution in [0.25, 0.3) is 0 Å². The number of methoxy groups -OCH3 is 1. The van der Waals surface area contributed by atoms with Gasteiger partial charge >= 0.3 is 0 Å². The molecule has 1 aliphatic rings. The Morgan fingerprint density at radius 2 is 1.61 bits per heavy atom. The van der Waals surface area contributed by atoms with Crippen molar-refractivity contribution in [3.63, 3.8) is 0 Å². The van der Waals surface area contributed by atoms with Gasteiger partial charge in [-0.05, 0) is 60.2 Å². The molecule has 152 valence electrons. The van der Waals surface area contributed by atoms with Crippen molar-refractivity contribution in [2.24, 2.45) is 0 Å². The third kappa shape index (κ3) is 4.06. The lowest BCUT2D eigenvalue weighted by atomic mass is 9.86. The lowest BCUT2D eigenvalue weighted by Crippen LogP contribution is -2.55. The molecule has 1 saturated heterocycles. The van der Waals surface area contributed by atoms with Crippen molar-refractivity contribution >= 4 is 0 Å². The Kier molecular flexibility index (Phi) is 6.37. The van der Waals surface area contributed by atoms with E-state index >= 15 is 0 Å². The maximum absolute atomic E-state index is 10.5. The van der Waals surface area contributed by atoms with E-state index in [0.717, 1.165) is 33.6 Å². The van der Waals surface area contributed by atoms with E-state index in [9.17, 15) is 20.4 Å². The topological polar surface area (TPSA) is 99.4 Å².